The second kappa shape index (κ2) is 8.51. The molecule has 188 valence electrons. The summed E-state index contributed by atoms with van der Waals surface area (Å²) < 4.78 is 36.4. The van der Waals surface area contributed by atoms with Crippen molar-refractivity contribution in [1.29, 1.82) is 0 Å². The molecule has 3 saturated carbocycles. The number of carbonyl (C=O) groups is 3. The predicted molar refractivity (Wildman–Crippen MR) is 122 cm³/mol. The maximum atomic E-state index is 15.6. The number of hydrogen-bond acceptors (Lipinski definition) is 5. The van der Waals surface area contributed by atoms with E-state index in [-0.39, 0.29) is 42.6 Å². The summed E-state index contributed by atoms with van der Waals surface area (Å²) in [7, 11) is 0. The molecule has 0 spiro atoms. The van der Waals surface area contributed by atoms with Gasteiger partial charge in [0.2, 0.25) is 5.78 Å². The highest BCUT2D eigenvalue weighted by Gasteiger charge is 2.73. The number of ether oxygens (including phenoxy) is 1. The third-order valence-corrected chi connectivity index (χ3v) is 9.60. The first-order valence-corrected chi connectivity index (χ1v) is 12.7. The van der Waals surface area contributed by atoms with E-state index < -0.39 is 63.9 Å². The highest BCUT2D eigenvalue weighted by Crippen LogP contribution is 2.69. The molecule has 4 aliphatic rings. The van der Waals surface area contributed by atoms with Crippen molar-refractivity contribution in [3.63, 3.8) is 0 Å². The van der Waals surface area contributed by atoms with Gasteiger partial charge in [0.15, 0.2) is 17.2 Å². The minimum atomic E-state index is -1.69. The van der Waals surface area contributed by atoms with Crippen molar-refractivity contribution in [1.82, 2.24) is 0 Å². The molecule has 0 aliphatic heterocycles. The SMILES string of the molecule is CCCC(=O)O[C@]1(C(=O)CCl)[C@H](C)C[C@H]2[C@@H]3C[C@H](F)C4=C(F)C(=O)C=C[C@]4(C)[C@H]3[C@@H](O)C[C@@]21C. The standard InChI is InChI=1S/C26H33ClF2O5/c1-5-6-20(33)34-26(19(32)12-27)13(2)9-15-14-10-16(28)22-23(29)17(30)7-8-24(22,3)21(14)18(31)11-25(15,26)4/h7-8,13-16,18,21,31H,5-6,9-12H2,1-4H3/t13-,14+,15+,16+,18+,21-,24-,25+,26+/m1/s1. The van der Waals surface area contributed by atoms with Crippen LogP contribution in [0, 0.1) is 34.5 Å². The lowest BCUT2D eigenvalue weighted by molar-refractivity contribution is -0.204. The molecule has 1 N–H and O–H groups in total. The molecule has 0 radical (unpaired) electrons. The Balaban J connectivity index is 1.83. The van der Waals surface area contributed by atoms with Crippen LogP contribution in [-0.2, 0) is 19.1 Å². The zero-order chi connectivity index (χ0) is 25.2. The van der Waals surface area contributed by atoms with Gasteiger partial charge in [-0.15, -0.1) is 11.6 Å². The van der Waals surface area contributed by atoms with Crippen molar-refractivity contribution in [3.8, 4) is 0 Å². The number of halogens is 3. The van der Waals surface area contributed by atoms with Gasteiger partial charge >= 0.3 is 5.97 Å². The molecule has 4 aliphatic carbocycles. The van der Waals surface area contributed by atoms with Crippen molar-refractivity contribution in [2.45, 2.75) is 77.7 Å². The Morgan fingerprint density at radius 2 is 1.97 bits per heavy atom. The average Bonchev–Trinajstić information content (AvgIpc) is 2.97. The van der Waals surface area contributed by atoms with Gasteiger partial charge in [-0.2, -0.15) is 0 Å². The van der Waals surface area contributed by atoms with Crippen LogP contribution in [0.3, 0.4) is 0 Å². The van der Waals surface area contributed by atoms with Crippen LogP contribution in [0.15, 0.2) is 23.6 Å². The third-order valence-electron chi connectivity index (χ3n) is 9.36. The molecule has 0 heterocycles. The molecular weight excluding hydrogens is 466 g/mol. The highest BCUT2D eigenvalue weighted by atomic mass is 35.5. The van der Waals surface area contributed by atoms with Crippen molar-refractivity contribution >= 4 is 29.1 Å². The number of carbonyl (C=O) groups excluding carboxylic acids is 3. The minimum absolute atomic E-state index is 0.0672. The maximum Gasteiger partial charge on any atom is 0.306 e. The quantitative estimate of drug-likeness (QED) is 0.441. The van der Waals surface area contributed by atoms with Crippen LogP contribution in [0.25, 0.3) is 0 Å². The summed E-state index contributed by atoms with van der Waals surface area (Å²) in [4.78, 5) is 38.0. The maximum absolute atomic E-state index is 15.6. The van der Waals surface area contributed by atoms with Crippen LogP contribution < -0.4 is 0 Å². The summed E-state index contributed by atoms with van der Waals surface area (Å²) in [6, 6.07) is 0. The number of aliphatic hydroxyl groups excluding tert-OH is 1. The van der Waals surface area contributed by atoms with E-state index in [1.165, 1.54) is 6.08 Å². The number of rotatable bonds is 5. The summed E-state index contributed by atoms with van der Waals surface area (Å²) in [5, 5.41) is 11.5. The van der Waals surface area contributed by atoms with Gasteiger partial charge in [-0.1, -0.05) is 33.8 Å². The lowest BCUT2D eigenvalue weighted by atomic mass is 9.45. The van der Waals surface area contributed by atoms with Gasteiger partial charge in [-0.25, -0.2) is 8.78 Å². The van der Waals surface area contributed by atoms with E-state index in [1.54, 1.807) is 6.92 Å². The van der Waals surface area contributed by atoms with Crippen molar-refractivity contribution in [2.75, 3.05) is 5.88 Å². The van der Waals surface area contributed by atoms with Gasteiger partial charge in [0, 0.05) is 34.7 Å². The van der Waals surface area contributed by atoms with Gasteiger partial charge in [0.25, 0.3) is 0 Å². The van der Waals surface area contributed by atoms with Crippen molar-refractivity contribution < 1.29 is 33.0 Å². The number of ketones is 2. The first-order valence-electron chi connectivity index (χ1n) is 12.2. The van der Waals surface area contributed by atoms with E-state index in [0.29, 0.717) is 12.8 Å². The molecule has 0 bridgehead atoms. The topological polar surface area (TPSA) is 80.7 Å². The molecule has 0 saturated heterocycles. The van der Waals surface area contributed by atoms with Crippen molar-refractivity contribution in [2.24, 2.45) is 34.5 Å². The molecule has 0 amide bonds. The Labute approximate surface area is 203 Å². The number of allylic oxidation sites excluding steroid dienone is 4. The summed E-state index contributed by atoms with van der Waals surface area (Å²) >= 11 is 6.03. The van der Waals surface area contributed by atoms with Crippen LogP contribution >= 0.6 is 11.6 Å². The monoisotopic (exact) mass is 498 g/mol. The summed E-state index contributed by atoms with van der Waals surface area (Å²) in [5.74, 6) is -4.76. The minimum Gasteiger partial charge on any atom is -0.450 e. The van der Waals surface area contributed by atoms with E-state index in [2.05, 4.69) is 0 Å². The predicted octanol–water partition coefficient (Wildman–Crippen LogP) is 4.65. The second-order valence-corrected chi connectivity index (χ2v) is 11.3. The summed E-state index contributed by atoms with van der Waals surface area (Å²) in [5.41, 5.74) is -3.84. The molecular formula is C26H33ClF2O5. The fourth-order valence-electron chi connectivity index (χ4n) is 8.15. The van der Waals surface area contributed by atoms with Crippen molar-refractivity contribution in [3.05, 3.63) is 23.6 Å². The number of fused-ring (bicyclic) bond motifs is 5. The Hall–Kier alpha value is -1.60. The zero-order valence-corrected chi connectivity index (χ0v) is 20.8. The molecule has 3 fully saturated rings. The van der Waals surface area contributed by atoms with Crippen LogP contribution in [0.1, 0.15) is 59.8 Å². The first-order chi connectivity index (χ1) is 15.9. The molecule has 0 unspecified atom stereocenters. The Morgan fingerprint density at radius 3 is 2.59 bits per heavy atom. The summed E-state index contributed by atoms with van der Waals surface area (Å²) in [6.45, 7) is 7.20. The van der Waals surface area contributed by atoms with Gasteiger partial charge in [0.1, 0.15) is 6.17 Å². The normalized spacial score (nSPS) is 45.5. The van der Waals surface area contributed by atoms with Crippen LogP contribution in [0.5, 0.6) is 0 Å². The molecule has 5 nitrogen and oxygen atoms in total. The van der Waals surface area contributed by atoms with Crippen LogP contribution in [0.4, 0.5) is 8.78 Å². The molecule has 0 aromatic rings. The number of esters is 1. The fraction of sp³-hybridized carbons (Fsp3) is 0.731. The van der Waals surface area contributed by atoms with E-state index in [9.17, 15) is 23.9 Å². The first kappa shape index (κ1) is 25.5. The molecule has 4 rings (SSSR count). The van der Waals surface area contributed by atoms with Crippen LogP contribution in [-0.4, -0.2) is 46.4 Å². The van der Waals surface area contributed by atoms with Crippen LogP contribution in [0.2, 0.25) is 0 Å². The Kier molecular flexibility index (Phi) is 6.38. The van der Waals surface area contributed by atoms with E-state index in [4.69, 9.17) is 16.3 Å². The highest BCUT2D eigenvalue weighted by molar-refractivity contribution is 6.29. The fourth-order valence-corrected chi connectivity index (χ4v) is 8.35. The largest absolute Gasteiger partial charge is 0.450 e. The molecule has 34 heavy (non-hydrogen) atoms. The van der Waals surface area contributed by atoms with E-state index in [1.807, 2.05) is 20.8 Å². The lowest BCUT2D eigenvalue weighted by Gasteiger charge is -2.60. The number of aliphatic hydroxyl groups is 1. The van der Waals surface area contributed by atoms with Gasteiger partial charge in [0.05, 0.1) is 12.0 Å². The number of hydrogen-bond donors (Lipinski definition) is 1. The smallest absolute Gasteiger partial charge is 0.306 e. The number of Topliss-reactive ketones (excluding diaryl/α,β-unsaturated/α-hetero) is 1. The van der Waals surface area contributed by atoms with Gasteiger partial charge in [-0.3, -0.25) is 14.4 Å². The Morgan fingerprint density at radius 1 is 1.29 bits per heavy atom. The average molecular weight is 499 g/mol. The number of alkyl halides is 2. The summed E-state index contributed by atoms with van der Waals surface area (Å²) in [6.07, 6.45) is 1.18. The lowest BCUT2D eigenvalue weighted by Crippen LogP contribution is -2.64. The zero-order valence-electron chi connectivity index (χ0n) is 20.1. The molecule has 9 atom stereocenters. The van der Waals surface area contributed by atoms with Gasteiger partial charge < -0.3 is 9.84 Å². The molecule has 0 aromatic heterocycles. The van der Waals surface area contributed by atoms with Gasteiger partial charge in [-0.05, 0) is 43.6 Å². The van der Waals surface area contributed by atoms with E-state index in [0.717, 1.165) is 6.08 Å². The second-order valence-electron chi connectivity index (χ2n) is 11.0. The Bertz CT molecular complexity index is 978. The van der Waals surface area contributed by atoms with E-state index >= 15 is 4.39 Å². The molecule has 8 heteroatoms. The molecule has 0 aromatic carbocycles. The third kappa shape index (κ3) is 3.22.